The molecule has 1 N–H and O–H groups in total. The highest BCUT2D eigenvalue weighted by atomic mass is 35.5. The molecule has 2 nitrogen and oxygen atoms in total. The Morgan fingerprint density at radius 2 is 1.90 bits per heavy atom. The van der Waals surface area contributed by atoms with E-state index in [0.717, 1.165) is 17.3 Å². The molecule has 1 fully saturated rings. The first kappa shape index (κ1) is 15.6. The largest absolute Gasteiger partial charge is 0.381 e. The van der Waals surface area contributed by atoms with Crippen molar-refractivity contribution >= 4 is 17.3 Å². The monoisotopic (exact) mass is 294 g/mol. The maximum absolute atomic E-state index is 5.91. The van der Waals surface area contributed by atoms with E-state index in [1.165, 1.54) is 32.1 Å². The third kappa shape index (κ3) is 3.66. The molecule has 0 atom stereocenters. The van der Waals surface area contributed by atoms with Crippen LogP contribution in [0.3, 0.4) is 0 Å². The summed E-state index contributed by atoms with van der Waals surface area (Å²) >= 11 is 5.91. The van der Waals surface area contributed by atoms with Crippen molar-refractivity contribution in [1.29, 1.82) is 0 Å². The van der Waals surface area contributed by atoms with Crippen LogP contribution in [-0.4, -0.2) is 11.0 Å². The second-order valence-corrected chi connectivity index (χ2v) is 7.19. The number of hydrogen-bond donors (Lipinski definition) is 1. The molecule has 1 heterocycles. The van der Waals surface area contributed by atoms with E-state index < -0.39 is 0 Å². The predicted molar refractivity (Wildman–Crippen MR) is 87.4 cm³/mol. The van der Waals surface area contributed by atoms with E-state index >= 15 is 0 Å². The van der Waals surface area contributed by atoms with Gasteiger partial charge in [-0.3, -0.25) is 0 Å². The van der Waals surface area contributed by atoms with Crippen molar-refractivity contribution in [1.82, 2.24) is 4.98 Å². The van der Waals surface area contributed by atoms with E-state index in [9.17, 15) is 0 Å². The number of rotatable bonds is 4. The number of pyridine rings is 1. The van der Waals surface area contributed by atoms with Crippen molar-refractivity contribution < 1.29 is 0 Å². The molecule has 1 aliphatic rings. The quantitative estimate of drug-likeness (QED) is 0.747. The van der Waals surface area contributed by atoms with Crippen LogP contribution >= 0.6 is 11.6 Å². The normalized spacial score (nSPS) is 23.6. The first-order chi connectivity index (χ1) is 9.42. The van der Waals surface area contributed by atoms with Crippen molar-refractivity contribution in [3.63, 3.8) is 0 Å². The zero-order chi connectivity index (χ0) is 14.8. The summed E-state index contributed by atoms with van der Waals surface area (Å²) in [5.41, 5.74) is 2.61. The van der Waals surface area contributed by atoms with Crippen molar-refractivity contribution in [3.8, 4) is 0 Å². The van der Waals surface area contributed by atoms with Gasteiger partial charge in [0.15, 0.2) is 0 Å². The van der Waals surface area contributed by atoms with Gasteiger partial charge in [-0.05, 0) is 56.1 Å². The fourth-order valence-electron chi connectivity index (χ4n) is 3.21. The molecule has 0 aromatic carbocycles. The van der Waals surface area contributed by atoms with Gasteiger partial charge in [0, 0.05) is 6.04 Å². The van der Waals surface area contributed by atoms with Gasteiger partial charge in [0.25, 0.3) is 0 Å². The topological polar surface area (TPSA) is 24.9 Å². The molecule has 20 heavy (non-hydrogen) atoms. The molecule has 3 heteroatoms. The highest BCUT2D eigenvalue weighted by molar-refractivity contribution is 6.29. The van der Waals surface area contributed by atoms with Gasteiger partial charge in [-0.25, -0.2) is 4.98 Å². The fourth-order valence-corrected chi connectivity index (χ4v) is 3.40. The summed E-state index contributed by atoms with van der Waals surface area (Å²) in [6, 6.07) is 4.50. The van der Waals surface area contributed by atoms with Gasteiger partial charge < -0.3 is 5.32 Å². The summed E-state index contributed by atoms with van der Waals surface area (Å²) in [7, 11) is 0. The predicted octanol–water partition coefficient (Wildman–Crippen LogP) is 5.45. The zero-order valence-electron chi connectivity index (χ0n) is 13.2. The van der Waals surface area contributed by atoms with Crippen LogP contribution in [0.4, 0.5) is 5.69 Å². The van der Waals surface area contributed by atoms with E-state index in [1.54, 1.807) is 0 Å². The number of nitrogens with zero attached hydrogens (tertiary/aromatic N) is 1. The molecular formula is C17H27ClN2. The Balaban J connectivity index is 1.91. The van der Waals surface area contributed by atoms with E-state index in [0.29, 0.717) is 16.6 Å². The smallest absolute Gasteiger partial charge is 0.129 e. The first-order valence-electron chi connectivity index (χ1n) is 7.82. The van der Waals surface area contributed by atoms with Gasteiger partial charge in [-0.15, -0.1) is 0 Å². The molecule has 0 amide bonds. The van der Waals surface area contributed by atoms with Crippen LogP contribution in [0.25, 0.3) is 0 Å². The second kappa shape index (κ2) is 6.34. The lowest BCUT2D eigenvalue weighted by atomic mass is 9.69. The summed E-state index contributed by atoms with van der Waals surface area (Å²) in [5.74, 6) is 0.870. The van der Waals surface area contributed by atoms with Gasteiger partial charge in [-0.2, -0.15) is 0 Å². The highest BCUT2D eigenvalue weighted by Crippen LogP contribution is 2.41. The summed E-state index contributed by atoms with van der Waals surface area (Å²) in [5, 5.41) is 4.22. The van der Waals surface area contributed by atoms with Gasteiger partial charge in [0.2, 0.25) is 0 Å². The molecule has 112 valence electrons. The number of hydrogen-bond acceptors (Lipinski definition) is 2. The van der Waals surface area contributed by atoms with Gasteiger partial charge in [0.05, 0.1) is 11.4 Å². The average Bonchev–Trinajstić information content (AvgIpc) is 2.42. The Bertz CT molecular complexity index is 448. The van der Waals surface area contributed by atoms with Gasteiger partial charge in [0.1, 0.15) is 5.15 Å². The van der Waals surface area contributed by atoms with Crippen LogP contribution in [0.15, 0.2) is 12.1 Å². The zero-order valence-corrected chi connectivity index (χ0v) is 13.9. The van der Waals surface area contributed by atoms with Gasteiger partial charge >= 0.3 is 0 Å². The molecule has 0 radical (unpaired) electrons. The third-order valence-electron chi connectivity index (χ3n) is 5.16. The molecule has 0 spiro atoms. The van der Waals surface area contributed by atoms with E-state index in [2.05, 4.69) is 31.1 Å². The Kier molecular flexibility index (Phi) is 4.95. The number of aryl methyl sites for hydroxylation is 1. The Morgan fingerprint density at radius 1 is 1.25 bits per heavy atom. The highest BCUT2D eigenvalue weighted by Gasteiger charge is 2.31. The van der Waals surface area contributed by atoms with Crippen LogP contribution in [0.5, 0.6) is 0 Å². The minimum absolute atomic E-state index is 0.489. The maximum atomic E-state index is 5.91. The van der Waals surface area contributed by atoms with Crippen LogP contribution in [0.2, 0.25) is 5.15 Å². The summed E-state index contributed by atoms with van der Waals surface area (Å²) in [6.45, 7) is 9.16. The summed E-state index contributed by atoms with van der Waals surface area (Å²) in [4.78, 5) is 4.31. The van der Waals surface area contributed by atoms with Crippen molar-refractivity contribution in [2.24, 2.45) is 11.3 Å². The lowest BCUT2D eigenvalue weighted by Crippen LogP contribution is -2.32. The minimum atomic E-state index is 0.489. The first-order valence-corrected chi connectivity index (χ1v) is 8.20. The Labute approximate surface area is 128 Å². The molecule has 0 bridgehead atoms. The molecule has 0 aliphatic heterocycles. The standard InChI is InChI=1S/C17H27ClN2/c1-5-17(3,4)13-6-8-14(9-7-13)20-15-10-11-16(18)19-12(15)2/h10-11,13-14,20H,5-9H2,1-4H3. The molecule has 1 saturated carbocycles. The number of anilines is 1. The summed E-state index contributed by atoms with van der Waals surface area (Å²) in [6.07, 6.45) is 6.46. The Morgan fingerprint density at radius 3 is 2.45 bits per heavy atom. The molecular weight excluding hydrogens is 268 g/mol. The number of halogens is 1. The van der Waals surface area contributed by atoms with Crippen LogP contribution in [-0.2, 0) is 0 Å². The third-order valence-corrected chi connectivity index (χ3v) is 5.37. The van der Waals surface area contributed by atoms with Crippen molar-refractivity contribution in [2.75, 3.05) is 5.32 Å². The lowest BCUT2D eigenvalue weighted by Gasteiger charge is -2.39. The fraction of sp³-hybridized carbons (Fsp3) is 0.706. The SMILES string of the molecule is CCC(C)(C)C1CCC(Nc2ccc(Cl)nc2C)CC1. The van der Waals surface area contributed by atoms with E-state index in [1.807, 2.05) is 19.1 Å². The van der Waals surface area contributed by atoms with Crippen molar-refractivity contribution in [3.05, 3.63) is 23.0 Å². The maximum Gasteiger partial charge on any atom is 0.129 e. The summed E-state index contributed by atoms with van der Waals surface area (Å²) < 4.78 is 0. The molecule has 1 aromatic heterocycles. The molecule has 1 aromatic rings. The molecule has 2 rings (SSSR count). The lowest BCUT2D eigenvalue weighted by molar-refractivity contribution is 0.147. The van der Waals surface area contributed by atoms with Crippen molar-refractivity contribution in [2.45, 2.75) is 65.8 Å². The molecule has 0 saturated heterocycles. The molecule has 0 unspecified atom stereocenters. The van der Waals surface area contributed by atoms with E-state index in [4.69, 9.17) is 11.6 Å². The van der Waals surface area contributed by atoms with Crippen LogP contribution in [0.1, 0.15) is 58.6 Å². The second-order valence-electron chi connectivity index (χ2n) is 6.80. The number of nitrogens with one attached hydrogen (secondary N) is 1. The van der Waals surface area contributed by atoms with Crippen LogP contribution < -0.4 is 5.32 Å². The average molecular weight is 295 g/mol. The molecule has 1 aliphatic carbocycles. The van der Waals surface area contributed by atoms with Crippen LogP contribution in [0, 0.1) is 18.3 Å². The van der Waals surface area contributed by atoms with E-state index in [-0.39, 0.29) is 0 Å². The Hall–Kier alpha value is -0.760. The van der Waals surface area contributed by atoms with Gasteiger partial charge in [-0.1, -0.05) is 38.8 Å². The number of aromatic nitrogens is 1. The minimum Gasteiger partial charge on any atom is -0.381 e.